The third-order valence-corrected chi connectivity index (χ3v) is 3.04. The van der Waals surface area contributed by atoms with Gasteiger partial charge in [0, 0.05) is 6.04 Å². The summed E-state index contributed by atoms with van der Waals surface area (Å²) in [6, 6.07) is 0.346. The van der Waals surface area contributed by atoms with E-state index in [9.17, 15) is 4.79 Å². The van der Waals surface area contributed by atoms with Crippen LogP contribution in [-0.2, 0) is 11.4 Å². The van der Waals surface area contributed by atoms with Crippen LogP contribution in [0, 0.1) is 0 Å². The zero-order valence-corrected chi connectivity index (χ0v) is 8.77. The number of aliphatic hydroxyl groups excluding tert-OH is 1. The average Bonchev–Trinajstić information content (AvgIpc) is 2.96. The van der Waals surface area contributed by atoms with Crippen LogP contribution in [0.3, 0.4) is 0 Å². The second-order valence-corrected chi connectivity index (χ2v) is 4.28. The number of hydrogen-bond donors (Lipinski definition) is 2. The van der Waals surface area contributed by atoms with E-state index in [4.69, 9.17) is 10.2 Å². The molecule has 0 radical (unpaired) electrons. The van der Waals surface area contributed by atoms with Gasteiger partial charge in [0.15, 0.2) is 11.0 Å². The fourth-order valence-corrected chi connectivity index (χ4v) is 2.08. The monoisotopic (exact) mass is 229 g/mol. The first-order valence-electron chi connectivity index (χ1n) is 4.61. The van der Waals surface area contributed by atoms with Gasteiger partial charge in [-0.1, -0.05) is 11.8 Å². The normalized spacial score (nSPS) is 15.5. The third kappa shape index (κ3) is 2.29. The summed E-state index contributed by atoms with van der Waals surface area (Å²) in [5, 5.41) is 25.9. The van der Waals surface area contributed by atoms with Crippen LogP contribution in [-0.4, -0.2) is 36.7 Å². The summed E-state index contributed by atoms with van der Waals surface area (Å²) in [5.41, 5.74) is 0. The molecule has 1 heterocycles. The van der Waals surface area contributed by atoms with Gasteiger partial charge in [0.2, 0.25) is 0 Å². The molecule has 2 rings (SSSR count). The molecule has 0 spiro atoms. The Hall–Kier alpha value is -1.08. The van der Waals surface area contributed by atoms with E-state index in [0.717, 1.165) is 24.6 Å². The predicted octanol–water partition coefficient (Wildman–Crippen LogP) is 0.282. The highest BCUT2D eigenvalue weighted by molar-refractivity contribution is 7.99. The topological polar surface area (TPSA) is 88.2 Å². The van der Waals surface area contributed by atoms with Crippen LogP contribution < -0.4 is 0 Å². The van der Waals surface area contributed by atoms with Gasteiger partial charge in [0.1, 0.15) is 6.61 Å². The van der Waals surface area contributed by atoms with Crippen LogP contribution in [0.2, 0.25) is 0 Å². The standard InChI is InChI=1S/C8H11N3O3S/c12-3-6-9-10-8(15-4-7(13)14)11(6)5-1-2-5/h5,12H,1-4H2,(H,13,14). The Balaban J connectivity index is 2.15. The van der Waals surface area contributed by atoms with E-state index in [1.165, 1.54) is 0 Å². The van der Waals surface area contributed by atoms with Crippen molar-refractivity contribution in [1.82, 2.24) is 14.8 Å². The Kier molecular flexibility index (Phi) is 2.92. The average molecular weight is 229 g/mol. The summed E-state index contributed by atoms with van der Waals surface area (Å²) >= 11 is 1.14. The molecule has 1 fully saturated rings. The lowest BCUT2D eigenvalue weighted by Gasteiger charge is -2.05. The van der Waals surface area contributed by atoms with Crippen molar-refractivity contribution in [3.8, 4) is 0 Å². The number of nitrogens with zero attached hydrogens (tertiary/aromatic N) is 3. The molecule has 1 aliphatic rings. The highest BCUT2D eigenvalue weighted by Crippen LogP contribution is 2.38. The summed E-state index contributed by atoms with van der Waals surface area (Å²) in [4.78, 5) is 10.4. The van der Waals surface area contributed by atoms with Crippen molar-refractivity contribution >= 4 is 17.7 Å². The van der Waals surface area contributed by atoms with Crippen LogP contribution in [0.25, 0.3) is 0 Å². The predicted molar refractivity (Wildman–Crippen MR) is 52.6 cm³/mol. The van der Waals surface area contributed by atoms with Gasteiger partial charge >= 0.3 is 5.97 Å². The van der Waals surface area contributed by atoms with Crippen molar-refractivity contribution in [2.45, 2.75) is 30.6 Å². The molecule has 1 aromatic heterocycles. The molecule has 1 aromatic rings. The van der Waals surface area contributed by atoms with Crippen LogP contribution in [0.5, 0.6) is 0 Å². The minimum Gasteiger partial charge on any atom is -0.481 e. The van der Waals surface area contributed by atoms with Crippen molar-refractivity contribution in [3.05, 3.63) is 5.82 Å². The first kappa shape index (κ1) is 10.4. The second-order valence-electron chi connectivity index (χ2n) is 3.34. The fourth-order valence-electron chi connectivity index (χ4n) is 1.34. The maximum absolute atomic E-state index is 10.4. The van der Waals surface area contributed by atoms with Gasteiger partial charge in [-0.25, -0.2) is 0 Å². The van der Waals surface area contributed by atoms with Crippen molar-refractivity contribution in [2.24, 2.45) is 0 Å². The van der Waals surface area contributed by atoms with Crippen molar-refractivity contribution < 1.29 is 15.0 Å². The summed E-state index contributed by atoms with van der Waals surface area (Å²) in [5.74, 6) is -0.391. The van der Waals surface area contributed by atoms with E-state index in [-0.39, 0.29) is 12.4 Å². The first-order valence-corrected chi connectivity index (χ1v) is 5.60. The van der Waals surface area contributed by atoms with Gasteiger partial charge in [0.25, 0.3) is 0 Å². The number of aliphatic carboxylic acids is 1. The maximum Gasteiger partial charge on any atom is 0.313 e. The molecule has 82 valence electrons. The summed E-state index contributed by atoms with van der Waals surface area (Å²) in [7, 11) is 0. The molecular formula is C8H11N3O3S. The maximum atomic E-state index is 10.4. The molecule has 1 saturated carbocycles. The van der Waals surface area contributed by atoms with Crippen molar-refractivity contribution in [2.75, 3.05) is 5.75 Å². The van der Waals surface area contributed by atoms with E-state index in [1.807, 2.05) is 4.57 Å². The van der Waals surface area contributed by atoms with Crippen LogP contribution in [0.1, 0.15) is 24.7 Å². The lowest BCUT2D eigenvalue weighted by Crippen LogP contribution is -2.05. The molecule has 0 amide bonds. The van der Waals surface area contributed by atoms with Crippen LogP contribution >= 0.6 is 11.8 Å². The molecule has 0 bridgehead atoms. The minimum absolute atomic E-state index is 0.0315. The van der Waals surface area contributed by atoms with Gasteiger partial charge in [-0.2, -0.15) is 0 Å². The number of hydrogen-bond acceptors (Lipinski definition) is 5. The van der Waals surface area contributed by atoms with Gasteiger partial charge in [-0.3, -0.25) is 4.79 Å². The highest BCUT2D eigenvalue weighted by atomic mass is 32.2. The van der Waals surface area contributed by atoms with Gasteiger partial charge in [-0.05, 0) is 12.8 Å². The lowest BCUT2D eigenvalue weighted by molar-refractivity contribution is -0.133. The van der Waals surface area contributed by atoms with E-state index in [2.05, 4.69) is 10.2 Å². The smallest absolute Gasteiger partial charge is 0.313 e. The number of rotatable bonds is 5. The van der Waals surface area contributed by atoms with Gasteiger partial charge in [-0.15, -0.1) is 10.2 Å². The Labute approximate surface area is 90.3 Å². The van der Waals surface area contributed by atoms with Gasteiger partial charge in [0.05, 0.1) is 5.75 Å². The molecule has 7 heteroatoms. The molecule has 0 atom stereocenters. The van der Waals surface area contributed by atoms with E-state index < -0.39 is 5.97 Å². The minimum atomic E-state index is -0.879. The van der Waals surface area contributed by atoms with E-state index in [1.54, 1.807) is 0 Å². The first-order chi connectivity index (χ1) is 7.22. The zero-order valence-electron chi connectivity index (χ0n) is 7.96. The Morgan fingerprint density at radius 2 is 2.27 bits per heavy atom. The summed E-state index contributed by atoms with van der Waals surface area (Å²) < 4.78 is 1.84. The highest BCUT2D eigenvalue weighted by Gasteiger charge is 2.29. The number of aromatic nitrogens is 3. The quantitative estimate of drug-likeness (QED) is 0.705. The largest absolute Gasteiger partial charge is 0.481 e. The van der Waals surface area contributed by atoms with E-state index >= 15 is 0 Å². The number of thioether (sulfide) groups is 1. The molecule has 1 aliphatic carbocycles. The summed E-state index contributed by atoms with van der Waals surface area (Å²) in [6.07, 6.45) is 2.09. The SMILES string of the molecule is O=C(O)CSc1nnc(CO)n1C1CC1. The molecule has 0 saturated heterocycles. The van der Waals surface area contributed by atoms with Crippen molar-refractivity contribution in [3.63, 3.8) is 0 Å². The lowest BCUT2D eigenvalue weighted by atomic mass is 10.6. The molecule has 15 heavy (non-hydrogen) atoms. The zero-order chi connectivity index (χ0) is 10.8. The molecular weight excluding hydrogens is 218 g/mol. The molecule has 0 aliphatic heterocycles. The van der Waals surface area contributed by atoms with Crippen LogP contribution in [0.4, 0.5) is 0 Å². The number of carboxylic acids is 1. The Morgan fingerprint density at radius 3 is 2.80 bits per heavy atom. The fraction of sp³-hybridized carbons (Fsp3) is 0.625. The summed E-state index contributed by atoms with van der Waals surface area (Å²) in [6.45, 7) is -0.156. The third-order valence-electron chi connectivity index (χ3n) is 2.11. The molecule has 0 unspecified atom stereocenters. The van der Waals surface area contributed by atoms with Crippen LogP contribution in [0.15, 0.2) is 5.16 Å². The molecule has 6 nitrogen and oxygen atoms in total. The molecule has 0 aromatic carbocycles. The number of carboxylic acid groups (broad SMARTS) is 1. The second kappa shape index (κ2) is 4.19. The number of carbonyl (C=O) groups is 1. The van der Waals surface area contributed by atoms with Crippen molar-refractivity contribution in [1.29, 1.82) is 0 Å². The van der Waals surface area contributed by atoms with E-state index in [0.29, 0.717) is 17.0 Å². The Morgan fingerprint density at radius 1 is 1.53 bits per heavy atom. The van der Waals surface area contributed by atoms with Gasteiger partial charge < -0.3 is 14.8 Å². The molecule has 2 N–H and O–H groups in total. The Bertz CT molecular complexity index is 375. The number of aliphatic hydroxyl groups is 1.